The third-order valence-corrected chi connectivity index (χ3v) is 5.12. The minimum atomic E-state index is -0.304. The zero-order valence-electron chi connectivity index (χ0n) is 15.9. The fraction of sp³-hybridized carbons (Fsp3) is 0.409. The van der Waals surface area contributed by atoms with E-state index >= 15 is 0 Å². The molecule has 27 heavy (non-hydrogen) atoms. The van der Waals surface area contributed by atoms with Gasteiger partial charge < -0.3 is 19.6 Å². The van der Waals surface area contributed by atoms with Crippen LogP contribution in [0.15, 0.2) is 54.6 Å². The van der Waals surface area contributed by atoms with Crippen molar-refractivity contribution in [3.8, 4) is 5.75 Å². The summed E-state index contributed by atoms with van der Waals surface area (Å²) in [5, 5.41) is 9.50. The molecule has 1 heterocycles. The number of carbonyl (C=O) groups excluding carboxylic acids is 1. The van der Waals surface area contributed by atoms with Crippen LogP contribution in [0.1, 0.15) is 24.0 Å². The fourth-order valence-corrected chi connectivity index (χ4v) is 3.46. The molecule has 5 heteroatoms. The van der Waals surface area contributed by atoms with Crippen LogP contribution in [-0.4, -0.2) is 53.7 Å². The van der Waals surface area contributed by atoms with Gasteiger partial charge in [-0.05, 0) is 55.6 Å². The molecule has 0 aromatic heterocycles. The summed E-state index contributed by atoms with van der Waals surface area (Å²) in [4.78, 5) is 16.7. The number of amides is 1. The Morgan fingerprint density at radius 2 is 1.74 bits per heavy atom. The van der Waals surface area contributed by atoms with Crippen molar-refractivity contribution < 1.29 is 14.6 Å². The minimum Gasteiger partial charge on any atom is -0.508 e. The highest BCUT2D eigenvalue weighted by Gasteiger charge is 2.25. The van der Waals surface area contributed by atoms with Crippen molar-refractivity contribution >= 4 is 6.09 Å². The van der Waals surface area contributed by atoms with Crippen LogP contribution >= 0.6 is 0 Å². The molecule has 1 atom stereocenters. The van der Waals surface area contributed by atoms with Gasteiger partial charge >= 0.3 is 6.09 Å². The quantitative estimate of drug-likeness (QED) is 0.810. The summed E-state index contributed by atoms with van der Waals surface area (Å²) in [6.07, 6.45) is 2.86. The lowest BCUT2D eigenvalue weighted by molar-refractivity contribution is 0.0835. The van der Waals surface area contributed by atoms with E-state index in [0.717, 1.165) is 37.2 Å². The van der Waals surface area contributed by atoms with Crippen LogP contribution in [0, 0.1) is 0 Å². The van der Waals surface area contributed by atoms with Gasteiger partial charge in [-0.2, -0.15) is 0 Å². The molecule has 0 spiro atoms. The second-order valence-corrected chi connectivity index (χ2v) is 7.18. The molecular formula is C22H28N2O3. The van der Waals surface area contributed by atoms with Crippen molar-refractivity contribution in [1.29, 1.82) is 0 Å². The van der Waals surface area contributed by atoms with Crippen LogP contribution in [0.25, 0.3) is 0 Å². The third kappa shape index (κ3) is 5.73. The molecule has 0 saturated carbocycles. The molecule has 1 fully saturated rings. The summed E-state index contributed by atoms with van der Waals surface area (Å²) in [6.45, 7) is 3.27. The van der Waals surface area contributed by atoms with Gasteiger partial charge in [0.25, 0.3) is 0 Å². The molecule has 0 aliphatic carbocycles. The molecule has 144 valence electrons. The van der Waals surface area contributed by atoms with E-state index in [1.54, 1.807) is 17.0 Å². The molecule has 0 bridgehead atoms. The number of benzene rings is 2. The largest absolute Gasteiger partial charge is 0.508 e. The van der Waals surface area contributed by atoms with Gasteiger partial charge in [0.2, 0.25) is 0 Å². The molecule has 1 N–H and O–H groups in total. The smallest absolute Gasteiger partial charge is 0.410 e. The van der Waals surface area contributed by atoms with E-state index in [-0.39, 0.29) is 24.5 Å². The van der Waals surface area contributed by atoms with Crippen LogP contribution in [0.2, 0.25) is 0 Å². The number of likely N-dealkylation sites (N-methyl/N-ethyl adjacent to an activating group) is 1. The number of ether oxygens (including phenoxy) is 1. The summed E-state index contributed by atoms with van der Waals surface area (Å²) >= 11 is 0. The standard InChI is InChI=1S/C22H28N2O3/c1-23(22(26)27-17-19-7-3-2-4-8-19)20(16-24-13-5-6-14-24)15-18-9-11-21(25)12-10-18/h2-4,7-12,20,25H,5-6,13-17H2,1H3/t20-/m0/s1. The highest BCUT2D eigenvalue weighted by Crippen LogP contribution is 2.17. The Hall–Kier alpha value is -2.53. The number of rotatable bonds is 7. The highest BCUT2D eigenvalue weighted by molar-refractivity contribution is 5.67. The molecule has 0 radical (unpaired) electrons. The van der Waals surface area contributed by atoms with Crippen molar-refractivity contribution in [2.24, 2.45) is 0 Å². The van der Waals surface area contributed by atoms with Crippen molar-refractivity contribution in [2.45, 2.75) is 31.9 Å². The number of phenols is 1. The second-order valence-electron chi connectivity index (χ2n) is 7.18. The maximum absolute atomic E-state index is 12.6. The Morgan fingerprint density at radius 3 is 2.41 bits per heavy atom. The first-order valence-electron chi connectivity index (χ1n) is 9.55. The lowest BCUT2D eigenvalue weighted by Gasteiger charge is -2.31. The Labute approximate surface area is 161 Å². The van der Waals surface area contributed by atoms with E-state index in [2.05, 4.69) is 4.90 Å². The molecule has 1 saturated heterocycles. The summed E-state index contributed by atoms with van der Waals surface area (Å²) in [6, 6.07) is 17.0. The number of hydrogen-bond acceptors (Lipinski definition) is 4. The lowest BCUT2D eigenvalue weighted by Crippen LogP contribution is -2.45. The topological polar surface area (TPSA) is 53.0 Å². The fourth-order valence-electron chi connectivity index (χ4n) is 3.46. The number of nitrogens with zero attached hydrogens (tertiary/aromatic N) is 2. The van der Waals surface area contributed by atoms with E-state index in [9.17, 15) is 9.90 Å². The third-order valence-electron chi connectivity index (χ3n) is 5.12. The number of likely N-dealkylation sites (tertiary alicyclic amines) is 1. The zero-order chi connectivity index (χ0) is 19.1. The normalized spacial score (nSPS) is 15.4. The number of hydrogen-bond donors (Lipinski definition) is 1. The maximum atomic E-state index is 12.6. The Kier molecular flexibility index (Phi) is 6.71. The summed E-state index contributed by atoms with van der Waals surface area (Å²) in [7, 11) is 1.81. The van der Waals surface area contributed by atoms with E-state index in [0.29, 0.717) is 0 Å². The molecule has 3 rings (SSSR count). The van der Waals surface area contributed by atoms with Gasteiger partial charge in [0, 0.05) is 13.6 Å². The predicted molar refractivity (Wildman–Crippen MR) is 106 cm³/mol. The van der Waals surface area contributed by atoms with Crippen molar-refractivity contribution in [3.63, 3.8) is 0 Å². The van der Waals surface area contributed by atoms with Gasteiger partial charge in [0.15, 0.2) is 0 Å². The minimum absolute atomic E-state index is 0.0240. The van der Waals surface area contributed by atoms with E-state index in [4.69, 9.17) is 4.74 Å². The van der Waals surface area contributed by atoms with Crippen LogP contribution in [0.5, 0.6) is 5.75 Å². The van der Waals surface area contributed by atoms with Gasteiger partial charge in [-0.1, -0.05) is 42.5 Å². The molecule has 1 aliphatic rings. The Balaban J connectivity index is 1.63. The average Bonchev–Trinajstić information content (AvgIpc) is 3.20. The van der Waals surface area contributed by atoms with Crippen LogP contribution in [0.3, 0.4) is 0 Å². The zero-order valence-corrected chi connectivity index (χ0v) is 15.9. The van der Waals surface area contributed by atoms with E-state index in [1.165, 1.54) is 12.8 Å². The van der Waals surface area contributed by atoms with Gasteiger partial charge in [0.1, 0.15) is 12.4 Å². The first-order chi connectivity index (χ1) is 13.1. The molecule has 0 unspecified atom stereocenters. The number of aromatic hydroxyl groups is 1. The first kappa shape index (κ1) is 19.2. The first-order valence-corrected chi connectivity index (χ1v) is 9.55. The lowest BCUT2D eigenvalue weighted by atomic mass is 10.0. The Bertz CT molecular complexity index is 712. The van der Waals surface area contributed by atoms with Crippen molar-refractivity contribution in [2.75, 3.05) is 26.7 Å². The van der Waals surface area contributed by atoms with Gasteiger partial charge in [-0.3, -0.25) is 0 Å². The Morgan fingerprint density at radius 1 is 1.07 bits per heavy atom. The summed E-state index contributed by atoms with van der Waals surface area (Å²) < 4.78 is 5.52. The molecule has 2 aromatic rings. The summed E-state index contributed by atoms with van der Waals surface area (Å²) in [5.74, 6) is 0.255. The highest BCUT2D eigenvalue weighted by atomic mass is 16.6. The number of phenolic OH excluding ortho intramolecular Hbond substituents is 1. The van der Waals surface area contributed by atoms with Crippen molar-refractivity contribution in [3.05, 3.63) is 65.7 Å². The SMILES string of the molecule is CN(C(=O)OCc1ccccc1)[C@@H](Cc1ccc(O)cc1)CN1CCCC1. The van der Waals surface area contributed by atoms with Crippen LogP contribution in [0.4, 0.5) is 4.79 Å². The maximum Gasteiger partial charge on any atom is 0.410 e. The molecule has 1 aliphatic heterocycles. The monoisotopic (exact) mass is 368 g/mol. The van der Waals surface area contributed by atoms with Gasteiger partial charge in [-0.15, -0.1) is 0 Å². The number of carbonyl (C=O) groups is 1. The van der Waals surface area contributed by atoms with E-state index in [1.807, 2.05) is 49.5 Å². The predicted octanol–water partition coefficient (Wildman–Crippen LogP) is 3.67. The van der Waals surface area contributed by atoms with E-state index < -0.39 is 0 Å². The molecule has 2 aromatic carbocycles. The second kappa shape index (κ2) is 9.42. The van der Waals surface area contributed by atoms with Crippen LogP contribution < -0.4 is 0 Å². The van der Waals surface area contributed by atoms with Gasteiger partial charge in [0.05, 0.1) is 6.04 Å². The summed E-state index contributed by atoms with van der Waals surface area (Å²) in [5.41, 5.74) is 2.08. The van der Waals surface area contributed by atoms with Crippen molar-refractivity contribution in [1.82, 2.24) is 9.80 Å². The molecular weight excluding hydrogens is 340 g/mol. The average molecular weight is 368 g/mol. The molecule has 1 amide bonds. The van der Waals surface area contributed by atoms with Gasteiger partial charge in [-0.25, -0.2) is 4.79 Å². The molecule has 5 nitrogen and oxygen atoms in total. The van der Waals surface area contributed by atoms with Crippen LogP contribution in [-0.2, 0) is 17.8 Å².